The van der Waals surface area contributed by atoms with Crippen LogP contribution in [-0.2, 0) is 4.79 Å². The van der Waals surface area contributed by atoms with Crippen LogP contribution in [0.1, 0.15) is 77.6 Å². The molecule has 0 fully saturated rings. The zero-order valence-electron chi connectivity index (χ0n) is 10.9. The molecule has 0 aliphatic rings. The quantitative estimate of drug-likeness (QED) is 0.257. The van der Waals surface area contributed by atoms with E-state index < -0.39 is 0 Å². The van der Waals surface area contributed by atoms with Gasteiger partial charge in [0.1, 0.15) is 6.29 Å². The number of carbonyl (C=O) groups is 1. The molecule has 0 rings (SSSR count). The maximum Gasteiger partial charge on any atom is 0.120 e. The molecule has 0 aromatic rings. The Hall–Kier alpha value is -0.590. The number of rotatable bonds is 12. The van der Waals surface area contributed by atoms with Gasteiger partial charge in [-0.25, -0.2) is 0 Å². The van der Waals surface area contributed by atoms with E-state index in [0.717, 1.165) is 12.7 Å². The van der Waals surface area contributed by atoms with Gasteiger partial charge in [-0.05, 0) is 19.3 Å². The molecule has 0 atom stereocenters. The molecule has 0 heterocycles. The zero-order chi connectivity index (χ0) is 11.9. The lowest BCUT2D eigenvalue weighted by Crippen LogP contribution is -1.80. The van der Waals surface area contributed by atoms with E-state index in [9.17, 15) is 4.79 Å². The molecule has 0 unspecified atom stereocenters. The summed E-state index contributed by atoms with van der Waals surface area (Å²) in [5, 5.41) is 0. The Balaban J connectivity index is 2.98. The van der Waals surface area contributed by atoms with Crippen molar-refractivity contribution in [2.24, 2.45) is 0 Å². The monoisotopic (exact) mass is 224 g/mol. The van der Waals surface area contributed by atoms with Crippen LogP contribution in [0, 0.1) is 0 Å². The minimum atomic E-state index is 0.675. The minimum Gasteiger partial charge on any atom is -0.303 e. The fourth-order valence-electron chi connectivity index (χ4n) is 1.80. The van der Waals surface area contributed by atoms with Crippen molar-refractivity contribution in [3.8, 4) is 0 Å². The van der Waals surface area contributed by atoms with Gasteiger partial charge in [-0.3, -0.25) is 0 Å². The fraction of sp³-hybridized carbons (Fsp3) is 0.800. The molecule has 0 aliphatic heterocycles. The average molecular weight is 224 g/mol. The summed E-state index contributed by atoms with van der Waals surface area (Å²) in [5.41, 5.74) is 0. The predicted octanol–water partition coefficient (Wildman–Crippen LogP) is 5.05. The van der Waals surface area contributed by atoms with Crippen LogP contribution < -0.4 is 0 Å². The summed E-state index contributed by atoms with van der Waals surface area (Å²) in [5.74, 6) is 0. The average Bonchev–Trinajstić information content (AvgIpc) is 2.31. The first-order valence-corrected chi connectivity index (χ1v) is 7.00. The lowest BCUT2D eigenvalue weighted by Gasteiger charge is -1.99. The highest BCUT2D eigenvalue weighted by atomic mass is 16.1. The van der Waals surface area contributed by atoms with Crippen LogP contribution in [0.3, 0.4) is 0 Å². The Morgan fingerprint density at radius 1 is 0.688 bits per heavy atom. The molecular weight excluding hydrogens is 196 g/mol. The molecule has 16 heavy (non-hydrogen) atoms. The maximum absolute atomic E-state index is 10.1. The predicted molar refractivity (Wildman–Crippen MR) is 71.7 cm³/mol. The van der Waals surface area contributed by atoms with Gasteiger partial charge < -0.3 is 4.79 Å². The Morgan fingerprint density at radius 3 is 1.88 bits per heavy atom. The number of unbranched alkanes of at least 4 members (excludes halogenated alkanes) is 9. The summed E-state index contributed by atoms with van der Waals surface area (Å²) in [4.78, 5) is 10.1. The van der Waals surface area contributed by atoms with Crippen molar-refractivity contribution in [2.75, 3.05) is 0 Å². The van der Waals surface area contributed by atoms with E-state index in [1.54, 1.807) is 0 Å². The van der Waals surface area contributed by atoms with E-state index in [2.05, 4.69) is 19.1 Å². The summed E-state index contributed by atoms with van der Waals surface area (Å²) in [6.07, 6.45) is 19.2. The summed E-state index contributed by atoms with van der Waals surface area (Å²) in [7, 11) is 0. The highest BCUT2D eigenvalue weighted by molar-refractivity contribution is 5.49. The third-order valence-electron chi connectivity index (χ3n) is 2.84. The summed E-state index contributed by atoms with van der Waals surface area (Å²) in [6.45, 7) is 2.26. The molecule has 0 bridgehead atoms. The van der Waals surface area contributed by atoms with Crippen LogP contribution in [-0.4, -0.2) is 6.29 Å². The van der Waals surface area contributed by atoms with Crippen molar-refractivity contribution in [2.45, 2.75) is 77.6 Å². The molecular formula is C15H28O. The van der Waals surface area contributed by atoms with Gasteiger partial charge in [0.15, 0.2) is 0 Å². The van der Waals surface area contributed by atoms with E-state index in [-0.39, 0.29) is 0 Å². The number of hydrogen-bond acceptors (Lipinski definition) is 1. The van der Waals surface area contributed by atoms with Crippen LogP contribution in [0.25, 0.3) is 0 Å². The van der Waals surface area contributed by atoms with E-state index in [1.807, 2.05) is 0 Å². The largest absolute Gasteiger partial charge is 0.303 e. The smallest absolute Gasteiger partial charge is 0.120 e. The van der Waals surface area contributed by atoms with Crippen molar-refractivity contribution < 1.29 is 4.79 Å². The first kappa shape index (κ1) is 15.4. The van der Waals surface area contributed by atoms with E-state index in [0.29, 0.717) is 6.42 Å². The zero-order valence-corrected chi connectivity index (χ0v) is 10.9. The molecule has 0 saturated heterocycles. The Morgan fingerprint density at radius 2 is 1.25 bits per heavy atom. The number of aldehydes is 1. The van der Waals surface area contributed by atoms with Crippen LogP contribution in [0.2, 0.25) is 0 Å². The topological polar surface area (TPSA) is 17.1 Å². The van der Waals surface area contributed by atoms with Gasteiger partial charge >= 0.3 is 0 Å². The normalized spacial score (nSPS) is 11.1. The second-order valence-electron chi connectivity index (χ2n) is 4.48. The number of carbonyl (C=O) groups excluding carboxylic acids is 1. The summed E-state index contributed by atoms with van der Waals surface area (Å²) < 4.78 is 0. The van der Waals surface area contributed by atoms with Gasteiger partial charge in [0.2, 0.25) is 0 Å². The molecule has 1 nitrogen and oxygen atoms in total. The first-order chi connectivity index (χ1) is 7.91. The summed E-state index contributed by atoms with van der Waals surface area (Å²) in [6, 6.07) is 0. The SMILES string of the molecule is CCCCCCCCCC/C=C/CCC=O. The lowest BCUT2D eigenvalue weighted by molar-refractivity contribution is -0.107. The van der Waals surface area contributed by atoms with Gasteiger partial charge in [-0.2, -0.15) is 0 Å². The van der Waals surface area contributed by atoms with Crippen LogP contribution in [0.15, 0.2) is 12.2 Å². The molecule has 0 aliphatic carbocycles. The van der Waals surface area contributed by atoms with Crippen molar-refractivity contribution in [1.29, 1.82) is 0 Å². The molecule has 0 saturated carbocycles. The molecule has 94 valence electrons. The molecule has 0 aromatic carbocycles. The van der Waals surface area contributed by atoms with E-state index >= 15 is 0 Å². The molecule has 0 spiro atoms. The number of hydrogen-bond donors (Lipinski definition) is 0. The fourth-order valence-corrected chi connectivity index (χ4v) is 1.80. The Bertz CT molecular complexity index is 161. The number of allylic oxidation sites excluding steroid dienone is 2. The van der Waals surface area contributed by atoms with Crippen LogP contribution in [0.4, 0.5) is 0 Å². The van der Waals surface area contributed by atoms with Crippen molar-refractivity contribution in [1.82, 2.24) is 0 Å². The second kappa shape index (κ2) is 14.4. The van der Waals surface area contributed by atoms with Crippen molar-refractivity contribution >= 4 is 6.29 Å². The molecule has 1 heteroatoms. The highest BCUT2D eigenvalue weighted by Gasteiger charge is 1.90. The maximum atomic E-state index is 10.1. The standard InChI is InChI=1S/C15H28O/c1-2-3-4-5-6-7-8-9-10-11-12-13-14-15-16/h11-12,15H,2-10,13-14H2,1H3/b12-11+. The van der Waals surface area contributed by atoms with E-state index in [4.69, 9.17) is 0 Å². The molecule has 0 radical (unpaired) electrons. The van der Waals surface area contributed by atoms with Gasteiger partial charge in [0, 0.05) is 6.42 Å². The van der Waals surface area contributed by atoms with Gasteiger partial charge in [-0.1, -0.05) is 64.0 Å². The Labute approximate surface area is 101 Å². The minimum absolute atomic E-state index is 0.675. The van der Waals surface area contributed by atoms with Crippen LogP contribution in [0.5, 0.6) is 0 Å². The second-order valence-corrected chi connectivity index (χ2v) is 4.48. The van der Waals surface area contributed by atoms with Gasteiger partial charge in [0.25, 0.3) is 0 Å². The van der Waals surface area contributed by atoms with Gasteiger partial charge in [-0.15, -0.1) is 0 Å². The van der Waals surface area contributed by atoms with Crippen molar-refractivity contribution in [3.63, 3.8) is 0 Å². The van der Waals surface area contributed by atoms with E-state index in [1.165, 1.54) is 57.8 Å². The first-order valence-electron chi connectivity index (χ1n) is 7.00. The molecule has 0 aromatic heterocycles. The third kappa shape index (κ3) is 13.4. The van der Waals surface area contributed by atoms with Crippen LogP contribution >= 0.6 is 0 Å². The molecule has 0 amide bonds. The highest BCUT2D eigenvalue weighted by Crippen LogP contribution is 2.09. The van der Waals surface area contributed by atoms with Crippen molar-refractivity contribution in [3.05, 3.63) is 12.2 Å². The lowest BCUT2D eigenvalue weighted by atomic mass is 10.1. The third-order valence-corrected chi connectivity index (χ3v) is 2.84. The molecule has 0 N–H and O–H groups in total. The Kier molecular flexibility index (Phi) is 13.9. The van der Waals surface area contributed by atoms with Gasteiger partial charge in [0.05, 0.1) is 0 Å². The summed E-state index contributed by atoms with van der Waals surface area (Å²) >= 11 is 0.